The maximum Gasteiger partial charge on any atom is 0.0359 e. The monoisotopic (exact) mass is 173 g/mol. The van der Waals surface area contributed by atoms with Crippen molar-refractivity contribution in [1.29, 1.82) is 0 Å². The van der Waals surface area contributed by atoms with E-state index in [4.69, 9.17) is 0 Å². The molecule has 1 N–H and O–H groups in total. The molecule has 1 aliphatic rings. The van der Waals surface area contributed by atoms with Crippen LogP contribution in [0.4, 0.5) is 0 Å². The van der Waals surface area contributed by atoms with Crippen molar-refractivity contribution in [3.05, 3.63) is 48.0 Å². The molecule has 1 aromatic carbocycles. The van der Waals surface area contributed by atoms with Crippen LogP contribution in [0, 0.1) is 0 Å². The molecule has 13 heavy (non-hydrogen) atoms. The number of hydrogen-bond donors (Lipinski definition) is 1. The number of hydrogen-bond acceptors (Lipinski definition) is 1. The summed E-state index contributed by atoms with van der Waals surface area (Å²) < 4.78 is 0. The zero-order valence-corrected chi connectivity index (χ0v) is 7.90. The first-order chi connectivity index (χ1) is 6.36. The molecule has 2 atom stereocenters. The first-order valence-electron chi connectivity index (χ1n) is 4.84. The van der Waals surface area contributed by atoms with Crippen LogP contribution in [0.2, 0.25) is 0 Å². The van der Waals surface area contributed by atoms with Crippen LogP contribution < -0.4 is 5.32 Å². The van der Waals surface area contributed by atoms with Crippen molar-refractivity contribution in [2.24, 2.45) is 0 Å². The molecule has 1 aromatic rings. The number of benzene rings is 1. The summed E-state index contributed by atoms with van der Waals surface area (Å²) in [6, 6.07) is 11.6. The second kappa shape index (κ2) is 3.75. The van der Waals surface area contributed by atoms with Gasteiger partial charge in [0, 0.05) is 12.1 Å². The Labute approximate surface area is 79.5 Å². The van der Waals surface area contributed by atoms with E-state index in [1.54, 1.807) is 0 Å². The molecule has 2 unspecified atom stereocenters. The summed E-state index contributed by atoms with van der Waals surface area (Å²) >= 11 is 0. The van der Waals surface area contributed by atoms with E-state index in [-0.39, 0.29) is 0 Å². The highest BCUT2D eigenvalue weighted by molar-refractivity contribution is 5.21. The Kier molecular flexibility index (Phi) is 2.46. The highest BCUT2D eigenvalue weighted by atomic mass is 14.9. The van der Waals surface area contributed by atoms with Gasteiger partial charge in [-0.2, -0.15) is 0 Å². The van der Waals surface area contributed by atoms with Gasteiger partial charge in [-0.25, -0.2) is 0 Å². The second-order valence-corrected chi connectivity index (χ2v) is 3.58. The Hall–Kier alpha value is -1.08. The minimum Gasteiger partial charge on any atom is -0.304 e. The van der Waals surface area contributed by atoms with Gasteiger partial charge in [-0.15, -0.1) is 0 Å². The molecule has 1 nitrogen and oxygen atoms in total. The minimum absolute atomic E-state index is 0.499. The first kappa shape index (κ1) is 8.52. The van der Waals surface area contributed by atoms with Crippen molar-refractivity contribution >= 4 is 0 Å². The normalized spacial score (nSPS) is 27.5. The first-order valence-corrected chi connectivity index (χ1v) is 4.84. The van der Waals surface area contributed by atoms with Crippen LogP contribution in [0.5, 0.6) is 0 Å². The van der Waals surface area contributed by atoms with Gasteiger partial charge in [0.25, 0.3) is 0 Å². The van der Waals surface area contributed by atoms with Crippen molar-refractivity contribution in [2.75, 3.05) is 0 Å². The maximum atomic E-state index is 3.55. The SMILES string of the molecule is CC1C=CCC(c2ccccc2)N1. The fourth-order valence-electron chi connectivity index (χ4n) is 1.78. The van der Waals surface area contributed by atoms with Crippen LogP contribution in [0.1, 0.15) is 24.9 Å². The molecular weight excluding hydrogens is 158 g/mol. The molecule has 0 aliphatic carbocycles. The Morgan fingerprint density at radius 2 is 2.00 bits per heavy atom. The highest BCUT2D eigenvalue weighted by Gasteiger charge is 2.14. The van der Waals surface area contributed by atoms with Gasteiger partial charge in [0.2, 0.25) is 0 Å². The van der Waals surface area contributed by atoms with E-state index in [1.165, 1.54) is 5.56 Å². The average Bonchev–Trinajstić information content (AvgIpc) is 2.19. The van der Waals surface area contributed by atoms with Gasteiger partial charge in [-0.05, 0) is 18.9 Å². The molecule has 68 valence electrons. The molecule has 2 rings (SSSR count). The lowest BCUT2D eigenvalue weighted by atomic mass is 9.99. The van der Waals surface area contributed by atoms with E-state index in [9.17, 15) is 0 Å². The van der Waals surface area contributed by atoms with Crippen molar-refractivity contribution in [2.45, 2.75) is 25.4 Å². The Bertz CT molecular complexity index is 289. The number of rotatable bonds is 1. The zero-order chi connectivity index (χ0) is 9.10. The average molecular weight is 173 g/mol. The van der Waals surface area contributed by atoms with Gasteiger partial charge in [0.15, 0.2) is 0 Å². The van der Waals surface area contributed by atoms with Gasteiger partial charge in [0.1, 0.15) is 0 Å². The molecule has 0 aromatic heterocycles. The van der Waals surface area contributed by atoms with Gasteiger partial charge in [0.05, 0.1) is 0 Å². The van der Waals surface area contributed by atoms with Gasteiger partial charge >= 0.3 is 0 Å². The lowest BCUT2D eigenvalue weighted by Crippen LogP contribution is -2.31. The molecule has 0 fully saturated rings. The van der Waals surface area contributed by atoms with E-state index >= 15 is 0 Å². The molecule has 1 aliphatic heterocycles. The van der Waals surface area contributed by atoms with Crippen LogP contribution in [0.15, 0.2) is 42.5 Å². The standard InChI is InChI=1S/C12H15N/c1-10-6-5-9-12(13-10)11-7-3-2-4-8-11/h2-8,10,12-13H,9H2,1H3. The van der Waals surface area contributed by atoms with E-state index in [0.29, 0.717) is 12.1 Å². The minimum atomic E-state index is 0.499. The van der Waals surface area contributed by atoms with Crippen molar-refractivity contribution in [1.82, 2.24) is 5.32 Å². The third-order valence-corrected chi connectivity index (χ3v) is 2.46. The van der Waals surface area contributed by atoms with Crippen LogP contribution in [-0.4, -0.2) is 6.04 Å². The fraction of sp³-hybridized carbons (Fsp3) is 0.333. The zero-order valence-electron chi connectivity index (χ0n) is 7.90. The Morgan fingerprint density at radius 1 is 1.23 bits per heavy atom. The second-order valence-electron chi connectivity index (χ2n) is 3.58. The van der Waals surface area contributed by atoms with Crippen molar-refractivity contribution in [3.63, 3.8) is 0 Å². The van der Waals surface area contributed by atoms with Crippen LogP contribution in [-0.2, 0) is 0 Å². The van der Waals surface area contributed by atoms with Crippen LogP contribution in [0.3, 0.4) is 0 Å². The topological polar surface area (TPSA) is 12.0 Å². The van der Waals surface area contributed by atoms with Crippen LogP contribution in [0.25, 0.3) is 0 Å². The molecule has 0 bridgehead atoms. The molecule has 0 saturated heterocycles. The smallest absolute Gasteiger partial charge is 0.0359 e. The summed E-state index contributed by atoms with van der Waals surface area (Å²) in [6.45, 7) is 2.19. The van der Waals surface area contributed by atoms with Gasteiger partial charge in [-0.1, -0.05) is 42.5 Å². The molecule has 0 saturated carbocycles. The summed E-state index contributed by atoms with van der Waals surface area (Å²) in [7, 11) is 0. The summed E-state index contributed by atoms with van der Waals surface area (Å²) in [5, 5.41) is 3.55. The molecule has 1 heteroatoms. The predicted molar refractivity (Wildman–Crippen MR) is 55.5 cm³/mol. The Balaban J connectivity index is 2.15. The summed E-state index contributed by atoms with van der Waals surface area (Å²) in [5.41, 5.74) is 1.39. The Morgan fingerprint density at radius 3 is 2.69 bits per heavy atom. The van der Waals surface area contributed by atoms with E-state index < -0.39 is 0 Å². The largest absolute Gasteiger partial charge is 0.304 e. The quantitative estimate of drug-likeness (QED) is 0.644. The van der Waals surface area contributed by atoms with E-state index in [2.05, 4.69) is 54.7 Å². The van der Waals surface area contributed by atoms with Crippen molar-refractivity contribution in [3.8, 4) is 0 Å². The highest BCUT2D eigenvalue weighted by Crippen LogP contribution is 2.20. The molecule has 0 radical (unpaired) electrons. The molecule has 1 heterocycles. The number of nitrogens with one attached hydrogen (secondary N) is 1. The molecule has 0 spiro atoms. The lowest BCUT2D eigenvalue weighted by Gasteiger charge is -2.24. The summed E-state index contributed by atoms with van der Waals surface area (Å²) in [4.78, 5) is 0. The summed E-state index contributed by atoms with van der Waals surface area (Å²) in [5.74, 6) is 0. The molecule has 0 amide bonds. The summed E-state index contributed by atoms with van der Waals surface area (Å²) in [6.07, 6.45) is 5.59. The van der Waals surface area contributed by atoms with E-state index in [0.717, 1.165) is 6.42 Å². The lowest BCUT2D eigenvalue weighted by molar-refractivity contribution is 0.485. The fourth-order valence-corrected chi connectivity index (χ4v) is 1.78. The third-order valence-electron chi connectivity index (χ3n) is 2.46. The van der Waals surface area contributed by atoms with Crippen LogP contribution >= 0.6 is 0 Å². The maximum absolute atomic E-state index is 3.55. The van der Waals surface area contributed by atoms with Gasteiger partial charge < -0.3 is 5.32 Å². The van der Waals surface area contributed by atoms with Gasteiger partial charge in [-0.3, -0.25) is 0 Å². The van der Waals surface area contributed by atoms with Crippen molar-refractivity contribution < 1.29 is 0 Å². The predicted octanol–water partition coefficient (Wildman–Crippen LogP) is 2.67. The molecular formula is C12H15N. The van der Waals surface area contributed by atoms with E-state index in [1.807, 2.05) is 0 Å². The third kappa shape index (κ3) is 1.99.